The SMILES string of the molecule is CN(CC(N)=O)c1ccc(Cl)cc1C#N. The maximum Gasteiger partial charge on any atom is 0.236 e. The zero-order valence-electron chi connectivity index (χ0n) is 8.20. The fourth-order valence-electron chi connectivity index (χ4n) is 1.25. The van der Waals surface area contributed by atoms with E-state index in [1.165, 1.54) is 0 Å². The zero-order chi connectivity index (χ0) is 11.4. The van der Waals surface area contributed by atoms with Crippen molar-refractivity contribution in [1.29, 1.82) is 5.26 Å². The van der Waals surface area contributed by atoms with Gasteiger partial charge < -0.3 is 10.6 Å². The second kappa shape index (κ2) is 4.67. The molecule has 78 valence electrons. The lowest BCUT2D eigenvalue weighted by atomic mass is 10.2. The molecule has 0 fully saturated rings. The van der Waals surface area contributed by atoms with Crippen LogP contribution in [0, 0.1) is 11.3 Å². The van der Waals surface area contributed by atoms with E-state index in [-0.39, 0.29) is 6.54 Å². The molecule has 5 heteroatoms. The normalized spacial score (nSPS) is 9.40. The summed E-state index contributed by atoms with van der Waals surface area (Å²) in [5.41, 5.74) is 6.12. The first-order valence-electron chi connectivity index (χ1n) is 4.23. The van der Waals surface area contributed by atoms with E-state index >= 15 is 0 Å². The quantitative estimate of drug-likeness (QED) is 0.835. The van der Waals surface area contributed by atoms with Crippen molar-refractivity contribution in [1.82, 2.24) is 0 Å². The second-order valence-electron chi connectivity index (χ2n) is 3.10. The van der Waals surface area contributed by atoms with E-state index in [0.29, 0.717) is 16.3 Å². The molecule has 0 aliphatic rings. The lowest BCUT2D eigenvalue weighted by molar-refractivity contribution is -0.116. The number of likely N-dealkylation sites (N-methyl/N-ethyl adjacent to an activating group) is 1. The van der Waals surface area contributed by atoms with E-state index < -0.39 is 5.91 Å². The molecule has 4 nitrogen and oxygen atoms in total. The van der Waals surface area contributed by atoms with Crippen molar-refractivity contribution in [3.8, 4) is 6.07 Å². The van der Waals surface area contributed by atoms with Crippen molar-refractivity contribution in [2.24, 2.45) is 5.73 Å². The number of carbonyl (C=O) groups is 1. The predicted molar refractivity (Wildman–Crippen MR) is 58.6 cm³/mol. The number of hydrogen-bond donors (Lipinski definition) is 1. The molecule has 0 radical (unpaired) electrons. The molecule has 1 aromatic carbocycles. The Morgan fingerprint density at radius 3 is 2.87 bits per heavy atom. The topological polar surface area (TPSA) is 70.1 Å². The molecule has 0 bridgehead atoms. The number of hydrogen-bond acceptors (Lipinski definition) is 3. The Morgan fingerprint density at radius 2 is 2.33 bits per heavy atom. The number of carbonyl (C=O) groups excluding carboxylic acids is 1. The summed E-state index contributed by atoms with van der Waals surface area (Å²) in [4.78, 5) is 12.3. The first-order valence-corrected chi connectivity index (χ1v) is 4.61. The van der Waals surface area contributed by atoms with Crippen LogP contribution in [-0.2, 0) is 4.79 Å². The average Bonchev–Trinajstić information content (AvgIpc) is 2.16. The van der Waals surface area contributed by atoms with Crippen molar-refractivity contribution < 1.29 is 4.79 Å². The first-order chi connectivity index (χ1) is 7.04. The van der Waals surface area contributed by atoms with E-state index in [1.807, 2.05) is 6.07 Å². The molecular formula is C10H10ClN3O. The maximum absolute atomic E-state index is 10.7. The number of nitriles is 1. The Bertz CT molecular complexity index is 425. The van der Waals surface area contributed by atoms with Gasteiger partial charge in [0.2, 0.25) is 5.91 Å². The van der Waals surface area contributed by atoms with E-state index in [1.54, 1.807) is 30.1 Å². The lowest BCUT2D eigenvalue weighted by Crippen LogP contribution is -2.30. The molecule has 0 spiro atoms. The molecular weight excluding hydrogens is 214 g/mol. The van der Waals surface area contributed by atoms with Gasteiger partial charge in [0.05, 0.1) is 17.8 Å². The predicted octanol–water partition coefficient (Wildman–Crippen LogP) is 1.13. The monoisotopic (exact) mass is 223 g/mol. The molecule has 0 aromatic heterocycles. The minimum atomic E-state index is -0.448. The summed E-state index contributed by atoms with van der Waals surface area (Å²) in [6.07, 6.45) is 0. The van der Waals surface area contributed by atoms with Gasteiger partial charge in [-0.15, -0.1) is 0 Å². The number of halogens is 1. The maximum atomic E-state index is 10.7. The van der Waals surface area contributed by atoms with Crippen LogP contribution < -0.4 is 10.6 Å². The van der Waals surface area contributed by atoms with E-state index in [2.05, 4.69) is 0 Å². The fourth-order valence-corrected chi connectivity index (χ4v) is 1.42. The molecule has 0 unspecified atom stereocenters. The Hall–Kier alpha value is -1.73. The summed E-state index contributed by atoms with van der Waals surface area (Å²) in [7, 11) is 1.69. The highest BCUT2D eigenvalue weighted by Gasteiger charge is 2.09. The molecule has 1 amide bonds. The molecule has 15 heavy (non-hydrogen) atoms. The minimum absolute atomic E-state index is 0.0658. The van der Waals surface area contributed by atoms with Gasteiger partial charge in [-0.2, -0.15) is 5.26 Å². The van der Waals surface area contributed by atoms with Crippen LogP contribution in [0.5, 0.6) is 0 Å². The largest absolute Gasteiger partial charge is 0.368 e. The molecule has 2 N–H and O–H groups in total. The summed E-state index contributed by atoms with van der Waals surface area (Å²) >= 11 is 5.74. The molecule has 0 saturated heterocycles. The van der Waals surface area contributed by atoms with Crippen LogP contribution >= 0.6 is 11.6 Å². The lowest BCUT2D eigenvalue weighted by Gasteiger charge is -2.18. The van der Waals surface area contributed by atoms with Gasteiger partial charge in [-0.05, 0) is 18.2 Å². The Morgan fingerprint density at radius 1 is 1.67 bits per heavy atom. The van der Waals surface area contributed by atoms with Crippen LogP contribution in [0.2, 0.25) is 5.02 Å². The number of nitrogens with two attached hydrogens (primary N) is 1. The van der Waals surface area contributed by atoms with Gasteiger partial charge in [-0.1, -0.05) is 11.6 Å². The summed E-state index contributed by atoms with van der Waals surface area (Å²) < 4.78 is 0. The molecule has 1 rings (SSSR count). The van der Waals surface area contributed by atoms with Gasteiger partial charge in [-0.25, -0.2) is 0 Å². The summed E-state index contributed by atoms with van der Waals surface area (Å²) in [6.45, 7) is 0.0658. The third-order valence-corrected chi connectivity index (χ3v) is 2.12. The number of anilines is 1. The van der Waals surface area contributed by atoms with E-state index in [0.717, 1.165) is 0 Å². The van der Waals surface area contributed by atoms with Crippen LogP contribution in [0.4, 0.5) is 5.69 Å². The van der Waals surface area contributed by atoms with Crippen LogP contribution in [0.3, 0.4) is 0 Å². The Balaban J connectivity index is 3.04. The van der Waals surface area contributed by atoms with Crippen molar-refractivity contribution >= 4 is 23.2 Å². The number of amides is 1. The van der Waals surface area contributed by atoms with Gasteiger partial charge in [0.25, 0.3) is 0 Å². The molecule has 0 saturated carbocycles. The highest BCUT2D eigenvalue weighted by atomic mass is 35.5. The third kappa shape index (κ3) is 2.86. The first kappa shape index (κ1) is 11.3. The molecule has 1 aromatic rings. The number of benzene rings is 1. The van der Waals surface area contributed by atoms with E-state index in [4.69, 9.17) is 22.6 Å². The van der Waals surface area contributed by atoms with E-state index in [9.17, 15) is 4.79 Å². The summed E-state index contributed by atoms with van der Waals surface area (Å²) in [5, 5.41) is 9.36. The van der Waals surface area contributed by atoms with Gasteiger partial charge >= 0.3 is 0 Å². The minimum Gasteiger partial charge on any atom is -0.368 e. The molecule has 0 atom stereocenters. The highest BCUT2D eigenvalue weighted by Crippen LogP contribution is 2.22. The van der Waals surface area contributed by atoms with Crippen molar-refractivity contribution in [3.63, 3.8) is 0 Å². The van der Waals surface area contributed by atoms with Crippen LogP contribution in [0.15, 0.2) is 18.2 Å². The van der Waals surface area contributed by atoms with Crippen molar-refractivity contribution in [2.75, 3.05) is 18.5 Å². The van der Waals surface area contributed by atoms with Gasteiger partial charge in [0.1, 0.15) is 6.07 Å². The fraction of sp³-hybridized carbons (Fsp3) is 0.200. The summed E-state index contributed by atoms with van der Waals surface area (Å²) in [5.74, 6) is -0.448. The molecule has 0 aliphatic heterocycles. The van der Waals surface area contributed by atoms with Gasteiger partial charge in [0.15, 0.2) is 0 Å². The van der Waals surface area contributed by atoms with Crippen molar-refractivity contribution in [2.45, 2.75) is 0 Å². The van der Waals surface area contributed by atoms with Crippen LogP contribution in [-0.4, -0.2) is 19.5 Å². The van der Waals surface area contributed by atoms with Gasteiger partial charge in [0, 0.05) is 12.1 Å². The second-order valence-corrected chi connectivity index (χ2v) is 3.53. The zero-order valence-corrected chi connectivity index (χ0v) is 8.95. The van der Waals surface area contributed by atoms with Crippen molar-refractivity contribution in [3.05, 3.63) is 28.8 Å². The average molecular weight is 224 g/mol. The van der Waals surface area contributed by atoms with Gasteiger partial charge in [-0.3, -0.25) is 4.79 Å². The van der Waals surface area contributed by atoms with Crippen LogP contribution in [0.25, 0.3) is 0 Å². The smallest absolute Gasteiger partial charge is 0.236 e. The number of rotatable bonds is 3. The summed E-state index contributed by atoms with van der Waals surface area (Å²) in [6, 6.07) is 6.91. The highest BCUT2D eigenvalue weighted by molar-refractivity contribution is 6.30. The van der Waals surface area contributed by atoms with Crippen LogP contribution in [0.1, 0.15) is 5.56 Å². The Kier molecular flexibility index (Phi) is 3.53. The number of primary amides is 1. The Labute approximate surface area is 92.8 Å². The standard InChI is InChI=1S/C10H10ClN3O/c1-14(6-10(13)15)9-3-2-8(11)4-7(9)5-12/h2-4H,6H2,1H3,(H2,13,15). The third-order valence-electron chi connectivity index (χ3n) is 1.88. The molecule has 0 aliphatic carbocycles. The number of nitrogens with zero attached hydrogens (tertiary/aromatic N) is 2. The molecule has 0 heterocycles.